The predicted octanol–water partition coefficient (Wildman–Crippen LogP) is 1.61. The molecule has 0 spiro atoms. The number of piperidine rings is 1. The van der Waals surface area contributed by atoms with Crippen LogP contribution in [0.3, 0.4) is 0 Å². The first-order chi connectivity index (χ1) is 11.3. The molecule has 3 aromatic heterocycles. The van der Waals surface area contributed by atoms with Crippen molar-refractivity contribution in [2.45, 2.75) is 36.9 Å². The summed E-state index contributed by atoms with van der Waals surface area (Å²) >= 11 is 0. The smallest absolute Gasteiger partial charge is 0.179 e. The minimum Gasteiger partial charge on any atom is -0.345 e. The van der Waals surface area contributed by atoms with Crippen LogP contribution in [0.4, 0.5) is 0 Å². The van der Waals surface area contributed by atoms with Gasteiger partial charge in [0.15, 0.2) is 11.3 Å². The minimum atomic E-state index is -0.825. The summed E-state index contributed by atoms with van der Waals surface area (Å²) in [5.74, 6) is 1.23. The highest BCUT2D eigenvalue weighted by atomic mass is 32.2. The monoisotopic (exact) mass is 330 g/mol. The Kier molecular flexibility index (Phi) is 3.02. The van der Waals surface area contributed by atoms with Crippen molar-refractivity contribution in [3.05, 3.63) is 24.3 Å². The highest BCUT2D eigenvalue weighted by Crippen LogP contribution is 2.33. The van der Waals surface area contributed by atoms with E-state index in [0.717, 1.165) is 61.4 Å². The molecule has 2 atom stereocenters. The molecule has 3 aromatic rings. The Labute approximate surface area is 135 Å². The largest absolute Gasteiger partial charge is 0.345 e. The molecule has 1 aliphatic heterocycles. The Morgan fingerprint density at radius 1 is 1.26 bits per heavy atom. The molecule has 4 heterocycles. The van der Waals surface area contributed by atoms with Crippen LogP contribution in [-0.2, 0) is 11.0 Å². The number of rotatable bonds is 3. The molecule has 0 bridgehead atoms. The zero-order valence-corrected chi connectivity index (χ0v) is 13.5. The molecule has 1 saturated carbocycles. The van der Waals surface area contributed by atoms with Crippen molar-refractivity contribution in [3.8, 4) is 0 Å². The summed E-state index contributed by atoms with van der Waals surface area (Å²) < 4.78 is 16.7. The number of hydrogen-bond donors (Lipinski definition) is 1. The van der Waals surface area contributed by atoms with Crippen molar-refractivity contribution >= 4 is 27.8 Å². The molecule has 2 aliphatic rings. The lowest BCUT2D eigenvalue weighted by atomic mass is 9.99. The number of nitrogens with zero attached hydrogens (tertiary/aromatic N) is 5. The molecule has 5 rings (SSSR count). The molecule has 120 valence electrons. The summed E-state index contributed by atoms with van der Waals surface area (Å²) in [7, 11) is -0.825. The Hall–Kier alpha value is -1.80. The molecule has 1 aliphatic carbocycles. The Morgan fingerprint density at radius 2 is 2.17 bits per heavy atom. The standard InChI is InChI=1S/C15H18N6OS/c22-23(11-3-4-11)20-7-1-2-10(9-20)15-19-18-13-8-17-14-12(21(13)15)5-6-16-14/h5-6,8,10-11,16H,1-4,7,9H2/t10-,23?/m1/s1. The highest BCUT2D eigenvalue weighted by Gasteiger charge is 2.36. The van der Waals surface area contributed by atoms with Gasteiger partial charge in [0.1, 0.15) is 5.82 Å². The van der Waals surface area contributed by atoms with Gasteiger partial charge in [0.2, 0.25) is 0 Å². The van der Waals surface area contributed by atoms with Crippen LogP contribution < -0.4 is 0 Å². The Morgan fingerprint density at radius 3 is 3.04 bits per heavy atom. The number of H-pyrrole nitrogens is 1. The molecule has 1 unspecified atom stereocenters. The van der Waals surface area contributed by atoms with Gasteiger partial charge in [-0.1, -0.05) is 0 Å². The summed E-state index contributed by atoms with van der Waals surface area (Å²) in [6.45, 7) is 1.73. The lowest BCUT2D eigenvalue weighted by Gasteiger charge is -2.30. The van der Waals surface area contributed by atoms with E-state index >= 15 is 0 Å². The van der Waals surface area contributed by atoms with Crippen LogP contribution in [0.1, 0.15) is 37.4 Å². The third kappa shape index (κ3) is 2.20. The molecule has 2 fully saturated rings. The first kappa shape index (κ1) is 13.6. The molecular weight excluding hydrogens is 312 g/mol. The number of aromatic amines is 1. The molecule has 7 nitrogen and oxygen atoms in total. The third-order valence-corrected chi connectivity index (χ3v) is 6.66. The first-order valence-corrected chi connectivity index (χ1v) is 9.31. The second-order valence-corrected chi connectivity index (χ2v) is 8.16. The summed E-state index contributed by atoms with van der Waals surface area (Å²) in [5, 5.41) is 9.11. The predicted molar refractivity (Wildman–Crippen MR) is 87.4 cm³/mol. The van der Waals surface area contributed by atoms with Crippen LogP contribution in [0.2, 0.25) is 0 Å². The van der Waals surface area contributed by atoms with E-state index in [2.05, 4.69) is 28.9 Å². The summed E-state index contributed by atoms with van der Waals surface area (Å²) in [6.07, 6.45) is 7.97. The van der Waals surface area contributed by atoms with E-state index in [1.165, 1.54) is 0 Å². The van der Waals surface area contributed by atoms with E-state index in [1.54, 1.807) is 6.20 Å². The first-order valence-electron chi connectivity index (χ1n) is 8.14. The maximum atomic E-state index is 12.5. The summed E-state index contributed by atoms with van der Waals surface area (Å²) in [5.41, 5.74) is 2.61. The van der Waals surface area contributed by atoms with Crippen molar-refractivity contribution in [2.24, 2.45) is 0 Å². The average molecular weight is 330 g/mol. The topological polar surface area (TPSA) is 79.2 Å². The van der Waals surface area contributed by atoms with Gasteiger partial charge in [-0.2, -0.15) is 0 Å². The third-order valence-electron chi connectivity index (χ3n) is 4.78. The molecule has 1 saturated heterocycles. The average Bonchev–Trinajstić information content (AvgIpc) is 3.16. The normalized spacial score (nSPS) is 24.4. The van der Waals surface area contributed by atoms with E-state index in [1.807, 2.05) is 12.3 Å². The zero-order chi connectivity index (χ0) is 15.4. The highest BCUT2D eigenvalue weighted by molar-refractivity contribution is 7.83. The van der Waals surface area contributed by atoms with Gasteiger partial charge in [0.25, 0.3) is 0 Å². The molecular formula is C15H18N6OS. The number of hydrogen-bond acceptors (Lipinski definition) is 4. The van der Waals surface area contributed by atoms with Crippen molar-refractivity contribution in [2.75, 3.05) is 13.1 Å². The molecule has 1 N–H and O–H groups in total. The van der Waals surface area contributed by atoms with Crippen molar-refractivity contribution < 1.29 is 4.21 Å². The summed E-state index contributed by atoms with van der Waals surface area (Å²) in [4.78, 5) is 7.50. The fourth-order valence-electron chi connectivity index (χ4n) is 3.46. The number of aromatic nitrogens is 5. The van der Waals surface area contributed by atoms with Gasteiger partial charge < -0.3 is 4.98 Å². The van der Waals surface area contributed by atoms with E-state index < -0.39 is 11.0 Å². The van der Waals surface area contributed by atoms with Crippen LogP contribution in [-0.4, -0.2) is 51.4 Å². The van der Waals surface area contributed by atoms with Gasteiger partial charge in [-0.25, -0.2) is 13.5 Å². The number of fused-ring (bicyclic) bond motifs is 3. The van der Waals surface area contributed by atoms with Crippen molar-refractivity contribution in [1.82, 2.24) is 28.9 Å². The Balaban J connectivity index is 1.54. The Bertz CT molecular complexity index is 898. The van der Waals surface area contributed by atoms with Crippen LogP contribution in [0, 0.1) is 0 Å². The quantitative estimate of drug-likeness (QED) is 0.791. The van der Waals surface area contributed by atoms with E-state index in [9.17, 15) is 4.21 Å². The van der Waals surface area contributed by atoms with Gasteiger partial charge in [0.05, 0.1) is 22.7 Å². The fourth-order valence-corrected chi connectivity index (χ4v) is 5.06. The van der Waals surface area contributed by atoms with Gasteiger partial charge in [-0.15, -0.1) is 10.2 Å². The van der Waals surface area contributed by atoms with Crippen molar-refractivity contribution in [3.63, 3.8) is 0 Å². The fraction of sp³-hybridized carbons (Fsp3) is 0.533. The van der Waals surface area contributed by atoms with Crippen molar-refractivity contribution in [1.29, 1.82) is 0 Å². The lowest BCUT2D eigenvalue weighted by molar-refractivity contribution is 0.322. The SMILES string of the molecule is O=S(C1CC1)N1CCC[C@@H](c2nnc3cnc4[nH]ccc4n23)C1. The van der Waals surface area contributed by atoms with E-state index in [0.29, 0.717) is 5.25 Å². The maximum absolute atomic E-state index is 12.5. The molecule has 23 heavy (non-hydrogen) atoms. The molecule has 8 heteroatoms. The molecule has 0 aromatic carbocycles. The molecule has 0 radical (unpaired) electrons. The molecule has 0 amide bonds. The minimum absolute atomic E-state index is 0.266. The van der Waals surface area contributed by atoms with Crippen LogP contribution in [0.15, 0.2) is 18.5 Å². The van der Waals surface area contributed by atoms with E-state index in [4.69, 9.17) is 0 Å². The van der Waals surface area contributed by atoms with Gasteiger partial charge in [-0.05, 0) is 31.7 Å². The second-order valence-electron chi connectivity index (χ2n) is 6.42. The number of nitrogens with one attached hydrogen (secondary N) is 1. The van der Waals surface area contributed by atoms with Gasteiger partial charge >= 0.3 is 0 Å². The maximum Gasteiger partial charge on any atom is 0.179 e. The van der Waals surface area contributed by atoms with Gasteiger partial charge in [-0.3, -0.25) is 4.40 Å². The summed E-state index contributed by atoms with van der Waals surface area (Å²) in [6, 6.07) is 2.01. The van der Waals surface area contributed by atoms with Crippen LogP contribution >= 0.6 is 0 Å². The van der Waals surface area contributed by atoms with Gasteiger partial charge in [0, 0.05) is 30.5 Å². The van der Waals surface area contributed by atoms with E-state index in [-0.39, 0.29) is 5.92 Å². The van der Waals surface area contributed by atoms with Crippen LogP contribution in [0.25, 0.3) is 16.8 Å². The lowest BCUT2D eigenvalue weighted by Crippen LogP contribution is -2.37. The van der Waals surface area contributed by atoms with Crippen LogP contribution in [0.5, 0.6) is 0 Å². The second kappa shape index (κ2) is 5.10. The zero-order valence-electron chi connectivity index (χ0n) is 12.7.